The molecule has 0 aliphatic carbocycles. The van der Waals surface area contributed by atoms with Gasteiger partial charge in [0.15, 0.2) is 5.82 Å². The van der Waals surface area contributed by atoms with Gasteiger partial charge in [-0.15, -0.1) is 11.3 Å². The maximum atomic E-state index is 12.5. The maximum absolute atomic E-state index is 12.5. The van der Waals surface area contributed by atoms with E-state index >= 15 is 0 Å². The highest BCUT2D eigenvalue weighted by atomic mass is 32.1. The average Bonchev–Trinajstić information content (AvgIpc) is 3.37. The van der Waals surface area contributed by atoms with Crippen molar-refractivity contribution >= 4 is 33.3 Å². The van der Waals surface area contributed by atoms with E-state index in [-0.39, 0.29) is 12.5 Å². The number of amides is 1. The second kappa shape index (κ2) is 8.02. The van der Waals surface area contributed by atoms with Crippen molar-refractivity contribution in [3.63, 3.8) is 0 Å². The Morgan fingerprint density at radius 2 is 2.00 bits per heavy atom. The summed E-state index contributed by atoms with van der Waals surface area (Å²) in [5.74, 6) is 1.42. The van der Waals surface area contributed by atoms with Crippen molar-refractivity contribution in [3.8, 4) is 11.1 Å². The fourth-order valence-corrected chi connectivity index (χ4v) is 4.34. The zero-order chi connectivity index (χ0) is 18.6. The Labute approximate surface area is 162 Å². The first-order valence-corrected chi connectivity index (χ1v) is 9.98. The van der Waals surface area contributed by atoms with Gasteiger partial charge in [-0.2, -0.15) is 0 Å². The van der Waals surface area contributed by atoms with Crippen LogP contribution in [0.2, 0.25) is 0 Å². The Morgan fingerprint density at radius 1 is 1.22 bits per heavy atom. The summed E-state index contributed by atoms with van der Waals surface area (Å²) in [6, 6.07) is 10.2. The Morgan fingerprint density at radius 3 is 2.74 bits per heavy atom. The summed E-state index contributed by atoms with van der Waals surface area (Å²) >= 11 is 1.58. The molecule has 3 aromatic rings. The summed E-state index contributed by atoms with van der Waals surface area (Å²) in [5, 5.41) is 6.32. The third-order valence-electron chi connectivity index (χ3n) is 4.70. The van der Waals surface area contributed by atoms with Gasteiger partial charge in [-0.05, 0) is 18.4 Å². The number of rotatable bonds is 6. The molecule has 4 rings (SSSR count). The van der Waals surface area contributed by atoms with Crippen molar-refractivity contribution in [2.45, 2.75) is 19.4 Å². The van der Waals surface area contributed by atoms with Crippen molar-refractivity contribution in [1.82, 2.24) is 14.9 Å². The minimum absolute atomic E-state index is 0.115. The topological polar surface area (TPSA) is 67.3 Å². The zero-order valence-corrected chi connectivity index (χ0v) is 16.1. The van der Waals surface area contributed by atoms with Crippen LogP contribution in [-0.2, 0) is 16.1 Å². The number of carbonyl (C=O) groups excluding carboxylic acids is 1. The molecule has 0 atom stereocenters. The molecule has 0 radical (unpaired) electrons. The first kappa shape index (κ1) is 17.9. The predicted octanol–water partition coefficient (Wildman–Crippen LogP) is 3.54. The number of methoxy groups -OCH3 is 1. The van der Waals surface area contributed by atoms with Gasteiger partial charge in [0.1, 0.15) is 17.3 Å². The number of nitrogens with zero attached hydrogens (tertiary/aromatic N) is 3. The summed E-state index contributed by atoms with van der Waals surface area (Å²) in [6.45, 7) is 2.27. The molecule has 7 heteroatoms. The second-order valence-electron chi connectivity index (χ2n) is 6.56. The molecule has 1 saturated heterocycles. The molecule has 1 fully saturated rings. The van der Waals surface area contributed by atoms with Gasteiger partial charge in [-0.1, -0.05) is 30.3 Å². The molecule has 140 valence electrons. The molecule has 3 heterocycles. The minimum atomic E-state index is 0.115. The van der Waals surface area contributed by atoms with E-state index in [9.17, 15) is 4.79 Å². The van der Waals surface area contributed by atoms with Crippen LogP contribution in [0.25, 0.3) is 21.3 Å². The van der Waals surface area contributed by atoms with Gasteiger partial charge >= 0.3 is 0 Å². The monoisotopic (exact) mass is 382 g/mol. The largest absolute Gasteiger partial charge is 0.377 e. The van der Waals surface area contributed by atoms with Crippen molar-refractivity contribution in [1.29, 1.82) is 0 Å². The molecule has 2 aromatic heterocycles. The van der Waals surface area contributed by atoms with E-state index in [0.717, 1.165) is 47.3 Å². The van der Waals surface area contributed by atoms with Crippen LogP contribution in [-0.4, -0.2) is 47.5 Å². The van der Waals surface area contributed by atoms with E-state index in [0.29, 0.717) is 18.2 Å². The second-order valence-corrected chi connectivity index (χ2v) is 7.42. The van der Waals surface area contributed by atoms with Crippen LogP contribution in [0.15, 0.2) is 35.7 Å². The summed E-state index contributed by atoms with van der Waals surface area (Å²) < 4.78 is 5.21. The molecular weight excluding hydrogens is 360 g/mol. The molecular formula is C20H22N4O2S. The first-order chi connectivity index (χ1) is 13.3. The average molecular weight is 382 g/mol. The molecule has 1 N–H and O–H groups in total. The van der Waals surface area contributed by atoms with E-state index in [1.54, 1.807) is 18.4 Å². The molecule has 27 heavy (non-hydrogen) atoms. The van der Waals surface area contributed by atoms with E-state index in [4.69, 9.17) is 4.74 Å². The number of benzene rings is 1. The van der Waals surface area contributed by atoms with Gasteiger partial charge in [0.05, 0.1) is 11.9 Å². The number of anilines is 1. The normalized spacial score (nSPS) is 14.0. The van der Waals surface area contributed by atoms with Gasteiger partial charge in [-0.25, -0.2) is 9.97 Å². The van der Waals surface area contributed by atoms with Crippen LogP contribution in [0.1, 0.15) is 18.7 Å². The van der Waals surface area contributed by atoms with Crippen LogP contribution in [0, 0.1) is 0 Å². The number of hydrogen-bond donors (Lipinski definition) is 1. The molecule has 1 amide bonds. The van der Waals surface area contributed by atoms with E-state index in [2.05, 4.69) is 32.8 Å². The van der Waals surface area contributed by atoms with Crippen LogP contribution < -0.4 is 5.32 Å². The molecule has 0 spiro atoms. The maximum Gasteiger partial charge on any atom is 0.241 e. The van der Waals surface area contributed by atoms with Crippen LogP contribution in [0.4, 0.5) is 5.82 Å². The number of nitrogens with one attached hydrogen (secondary N) is 1. The number of likely N-dealkylation sites (tertiary alicyclic amines) is 1. The van der Waals surface area contributed by atoms with Gasteiger partial charge in [-0.3, -0.25) is 4.79 Å². The highest BCUT2D eigenvalue weighted by molar-refractivity contribution is 7.17. The molecule has 6 nitrogen and oxygen atoms in total. The number of carbonyl (C=O) groups is 1. The van der Waals surface area contributed by atoms with Crippen LogP contribution in [0.5, 0.6) is 0 Å². The highest BCUT2D eigenvalue weighted by Crippen LogP contribution is 2.36. The Kier molecular flexibility index (Phi) is 5.31. The molecule has 1 aromatic carbocycles. The molecule has 0 saturated carbocycles. The lowest BCUT2D eigenvalue weighted by Gasteiger charge is -2.16. The predicted molar refractivity (Wildman–Crippen MR) is 108 cm³/mol. The fourth-order valence-electron chi connectivity index (χ4n) is 3.38. The van der Waals surface area contributed by atoms with E-state index in [1.165, 1.54) is 0 Å². The molecule has 0 bridgehead atoms. The SMILES string of the molecule is COCc1nc(NCC(=O)N2CCCC2)c2c(-c3ccccc3)csc2n1. The zero-order valence-electron chi connectivity index (χ0n) is 15.3. The Balaban J connectivity index is 1.69. The Hall–Kier alpha value is -2.51. The van der Waals surface area contributed by atoms with Gasteiger partial charge in [0.25, 0.3) is 0 Å². The lowest BCUT2D eigenvalue weighted by atomic mass is 10.1. The highest BCUT2D eigenvalue weighted by Gasteiger charge is 2.20. The van der Waals surface area contributed by atoms with Crippen molar-refractivity contribution in [2.24, 2.45) is 0 Å². The fraction of sp³-hybridized carbons (Fsp3) is 0.350. The number of ether oxygens (including phenoxy) is 1. The quantitative estimate of drug-likeness (QED) is 0.706. The lowest BCUT2D eigenvalue weighted by molar-refractivity contribution is -0.128. The van der Waals surface area contributed by atoms with Crippen molar-refractivity contribution in [2.75, 3.05) is 32.1 Å². The molecule has 1 aliphatic heterocycles. The number of hydrogen-bond acceptors (Lipinski definition) is 6. The summed E-state index contributed by atoms with van der Waals surface area (Å²) in [4.78, 5) is 24.5. The van der Waals surface area contributed by atoms with Gasteiger partial charge < -0.3 is 15.0 Å². The van der Waals surface area contributed by atoms with E-state index < -0.39 is 0 Å². The third kappa shape index (κ3) is 3.79. The smallest absolute Gasteiger partial charge is 0.241 e. The van der Waals surface area contributed by atoms with E-state index in [1.807, 2.05) is 23.1 Å². The third-order valence-corrected chi connectivity index (χ3v) is 5.58. The Bertz CT molecular complexity index is 936. The van der Waals surface area contributed by atoms with Gasteiger partial charge in [0, 0.05) is 31.1 Å². The van der Waals surface area contributed by atoms with Gasteiger partial charge in [0.2, 0.25) is 5.91 Å². The summed E-state index contributed by atoms with van der Waals surface area (Å²) in [7, 11) is 1.63. The lowest BCUT2D eigenvalue weighted by Crippen LogP contribution is -2.33. The van der Waals surface area contributed by atoms with Crippen molar-refractivity contribution < 1.29 is 9.53 Å². The number of aromatic nitrogens is 2. The number of fused-ring (bicyclic) bond motifs is 1. The molecule has 0 unspecified atom stereocenters. The molecule has 1 aliphatic rings. The summed E-state index contributed by atoms with van der Waals surface area (Å²) in [5.41, 5.74) is 2.19. The summed E-state index contributed by atoms with van der Waals surface area (Å²) in [6.07, 6.45) is 2.17. The standard InChI is InChI=1S/C20H22N4O2S/c1-26-12-16-22-19(21-11-17(25)24-9-5-6-10-24)18-15(13-27-20(18)23-16)14-7-3-2-4-8-14/h2-4,7-8,13H,5-6,9-12H2,1H3,(H,21,22,23). The van der Waals surface area contributed by atoms with Crippen LogP contribution >= 0.6 is 11.3 Å². The minimum Gasteiger partial charge on any atom is -0.377 e. The first-order valence-electron chi connectivity index (χ1n) is 9.10. The van der Waals surface area contributed by atoms with Crippen molar-refractivity contribution in [3.05, 3.63) is 41.5 Å². The number of thiophene rings is 1. The van der Waals surface area contributed by atoms with Crippen LogP contribution in [0.3, 0.4) is 0 Å².